The van der Waals surface area contributed by atoms with Crippen LogP contribution in [0.2, 0.25) is 0 Å². The Morgan fingerprint density at radius 2 is 1.70 bits per heavy atom. The third kappa shape index (κ3) is 4.25. The van der Waals surface area contributed by atoms with E-state index in [0.717, 1.165) is 36.5 Å². The first-order chi connectivity index (χ1) is 20.1. The smallest absolute Gasteiger partial charge is 0.190 e. The van der Waals surface area contributed by atoms with E-state index < -0.39 is 69.0 Å². The molecule has 0 aromatic heterocycles. The van der Waals surface area contributed by atoms with Gasteiger partial charge < -0.3 is 10.2 Å². The zero-order valence-corrected chi connectivity index (χ0v) is 25.3. The summed E-state index contributed by atoms with van der Waals surface area (Å²) >= 11 is 0. The van der Waals surface area contributed by atoms with Gasteiger partial charge >= 0.3 is 0 Å². The van der Waals surface area contributed by atoms with E-state index in [0.29, 0.717) is 12.0 Å². The van der Waals surface area contributed by atoms with Gasteiger partial charge in [0, 0.05) is 17.8 Å². The van der Waals surface area contributed by atoms with Crippen LogP contribution in [-0.4, -0.2) is 44.7 Å². The fraction of sp³-hybridized carbons (Fsp3) is 0.472. The molecule has 0 radical (unpaired) electrons. The molecular formula is C36H38O7. The number of rotatable bonds is 6. The topological polar surface area (TPSA) is 126 Å². The number of phenolic OH excluding ortho intramolecular Hbond substituents is 1. The molecular weight excluding hydrogens is 544 g/mol. The monoisotopic (exact) mass is 582 g/mol. The lowest BCUT2D eigenvalue weighted by atomic mass is 9.40. The molecule has 2 aromatic rings. The van der Waals surface area contributed by atoms with Crippen LogP contribution in [0.1, 0.15) is 75.4 Å². The molecule has 2 N–H and O–H groups in total. The minimum absolute atomic E-state index is 0.00138. The highest BCUT2D eigenvalue weighted by Crippen LogP contribution is 2.64. The van der Waals surface area contributed by atoms with Crippen LogP contribution >= 0.6 is 0 Å². The second-order valence-electron chi connectivity index (χ2n) is 13.6. The van der Waals surface area contributed by atoms with Gasteiger partial charge in [0.05, 0.1) is 11.5 Å². The molecule has 2 aromatic carbocycles. The van der Waals surface area contributed by atoms with Crippen LogP contribution in [-0.2, 0) is 32.0 Å². The standard InChI is InChI=1S/C36H38O7/c1-7-8-9-10-21-11-13-22(14-12-21)23-15-16-25(38)27-24(23)17-34(5)18-35(6)28(19(2)3)30(39)26(20(4)37)32(41)36(35,43)33(42)29(34)31(27)40/h1,11-16,19,26,28-29,38,43H,8-10,17-18H2,2-6H3/t26?,28?,29?,34-,35-,36+/m1/s1. The summed E-state index contributed by atoms with van der Waals surface area (Å²) in [6.45, 7) is 8.01. The summed E-state index contributed by atoms with van der Waals surface area (Å²) in [6.07, 6.45) is 7.98. The predicted octanol–water partition coefficient (Wildman–Crippen LogP) is 4.72. The summed E-state index contributed by atoms with van der Waals surface area (Å²) in [5.74, 6) is -6.31. The SMILES string of the molecule is C#CCCCc1ccc(-c2ccc(O)c3c2C[C@]2(C)C[C@]4(C)C(C(C)C)C(=O)C(C(C)=O)C(=O)[C@]4(O)C(=O)C2C3=O)cc1. The summed E-state index contributed by atoms with van der Waals surface area (Å²) in [5, 5.41) is 23.1. The summed E-state index contributed by atoms with van der Waals surface area (Å²) in [4.78, 5) is 68.6. The number of terminal acetylenes is 1. The summed E-state index contributed by atoms with van der Waals surface area (Å²) in [5.41, 5.74) is -2.04. The molecule has 0 amide bonds. The molecule has 0 aliphatic heterocycles. The van der Waals surface area contributed by atoms with Crippen LogP contribution in [0.25, 0.3) is 11.1 Å². The minimum Gasteiger partial charge on any atom is -0.507 e. The van der Waals surface area contributed by atoms with Crippen molar-refractivity contribution >= 4 is 28.9 Å². The number of fused-ring (bicyclic) bond motifs is 3. The van der Waals surface area contributed by atoms with Gasteiger partial charge in [-0.05, 0) is 72.3 Å². The maximum Gasteiger partial charge on any atom is 0.190 e. The summed E-state index contributed by atoms with van der Waals surface area (Å²) in [6, 6.07) is 11.1. The third-order valence-electron chi connectivity index (χ3n) is 10.3. The number of aliphatic hydroxyl groups is 1. The van der Waals surface area contributed by atoms with E-state index in [1.165, 1.54) is 6.07 Å². The lowest BCUT2D eigenvalue weighted by molar-refractivity contribution is -0.205. The van der Waals surface area contributed by atoms with Gasteiger partial charge in [0.2, 0.25) is 0 Å². The van der Waals surface area contributed by atoms with Crippen molar-refractivity contribution in [3.63, 3.8) is 0 Å². The number of phenols is 1. The highest BCUT2D eigenvalue weighted by molar-refractivity contribution is 6.32. The third-order valence-corrected chi connectivity index (χ3v) is 10.3. The molecule has 6 atom stereocenters. The predicted molar refractivity (Wildman–Crippen MR) is 160 cm³/mol. The van der Waals surface area contributed by atoms with E-state index in [1.54, 1.807) is 33.8 Å². The van der Waals surface area contributed by atoms with Crippen molar-refractivity contribution in [2.24, 2.45) is 34.5 Å². The van der Waals surface area contributed by atoms with Crippen molar-refractivity contribution in [2.75, 3.05) is 0 Å². The molecule has 224 valence electrons. The number of Topliss-reactive ketones (excluding diaryl/α,β-unsaturated/α-hetero) is 5. The second kappa shape index (κ2) is 10.4. The summed E-state index contributed by atoms with van der Waals surface area (Å²) in [7, 11) is 0. The number of ketones is 5. The van der Waals surface area contributed by atoms with E-state index in [4.69, 9.17) is 6.42 Å². The van der Waals surface area contributed by atoms with Gasteiger partial charge in [-0.2, -0.15) is 0 Å². The Bertz CT molecular complexity index is 1610. The molecule has 5 rings (SSSR count). The first kappa shape index (κ1) is 30.6. The molecule has 3 unspecified atom stereocenters. The average Bonchev–Trinajstić information content (AvgIpc) is 2.91. The lowest BCUT2D eigenvalue weighted by Crippen LogP contribution is -2.76. The Balaban J connectivity index is 1.65. The Morgan fingerprint density at radius 1 is 1.05 bits per heavy atom. The van der Waals surface area contributed by atoms with Gasteiger partial charge in [-0.1, -0.05) is 58.0 Å². The molecule has 0 heterocycles. The number of benzene rings is 2. The number of carbonyl (C=O) groups excluding carboxylic acids is 5. The van der Waals surface area contributed by atoms with E-state index >= 15 is 0 Å². The van der Waals surface area contributed by atoms with Gasteiger partial charge in [0.25, 0.3) is 0 Å². The molecule has 7 heteroatoms. The van der Waals surface area contributed by atoms with Gasteiger partial charge in [0.1, 0.15) is 17.5 Å². The van der Waals surface area contributed by atoms with Crippen molar-refractivity contribution in [3.05, 3.63) is 53.1 Å². The molecule has 3 aliphatic rings. The van der Waals surface area contributed by atoms with Crippen molar-refractivity contribution in [3.8, 4) is 29.2 Å². The van der Waals surface area contributed by atoms with Crippen molar-refractivity contribution in [2.45, 2.75) is 72.3 Å². The second-order valence-corrected chi connectivity index (χ2v) is 13.6. The van der Waals surface area contributed by atoms with Gasteiger partial charge in [-0.25, -0.2) is 0 Å². The zero-order valence-electron chi connectivity index (χ0n) is 25.3. The molecule has 2 saturated carbocycles. The highest BCUT2D eigenvalue weighted by Gasteiger charge is 2.76. The summed E-state index contributed by atoms with van der Waals surface area (Å²) < 4.78 is 0. The van der Waals surface area contributed by atoms with Crippen molar-refractivity contribution in [1.29, 1.82) is 0 Å². The van der Waals surface area contributed by atoms with Gasteiger partial charge in [0.15, 0.2) is 28.7 Å². The molecule has 7 nitrogen and oxygen atoms in total. The van der Waals surface area contributed by atoms with Crippen LogP contribution in [0, 0.1) is 46.8 Å². The maximum atomic E-state index is 14.4. The van der Waals surface area contributed by atoms with Crippen molar-refractivity contribution in [1.82, 2.24) is 0 Å². The lowest BCUT2D eigenvalue weighted by Gasteiger charge is -2.61. The van der Waals surface area contributed by atoms with E-state index in [9.17, 15) is 34.2 Å². The van der Waals surface area contributed by atoms with Crippen molar-refractivity contribution < 1.29 is 34.2 Å². The number of carbonyl (C=O) groups is 5. The quantitative estimate of drug-likeness (QED) is 0.287. The number of unbranched alkanes of at least 4 members (excludes halogenated alkanes) is 1. The van der Waals surface area contributed by atoms with Gasteiger partial charge in [-0.3, -0.25) is 24.0 Å². The number of hydrogen-bond donors (Lipinski definition) is 2. The minimum atomic E-state index is -2.70. The van der Waals surface area contributed by atoms with E-state index in [2.05, 4.69) is 5.92 Å². The molecule has 0 spiro atoms. The number of aryl methyl sites for hydroxylation is 1. The molecule has 0 bridgehead atoms. The highest BCUT2D eigenvalue weighted by atomic mass is 16.3. The Morgan fingerprint density at radius 3 is 2.28 bits per heavy atom. The van der Waals surface area contributed by atoms with Crippen LogP contribution in [0.5, 0.6) is 5.75 Å². The average molecular weight is 583 g/mol. The van der Waals surface area contributed by atoms with Crippen LogP contribution in [0.3, 0.4) is 0 Å². The first-order valence-electron chi connectivity index (χ1n) is 14.9. The van der Waals surface area contributed by atoms with Crippen LogP contribution in [0.15, 0.2) is 36.4 Å². The molecule has 2 fully saturated rings. The van der Waals surface area contributed by atoms with Crippen LogP contribution < -0.4 is 0 Å². The van der Waals surface area contributed by atoms with E-state index in [-0.39, 0.29) is 24.2 Å². The Hall–Kier alpha value is -3.89. The fourth-order valence-corrected chi connectivity index (χ4v) is 8.65. The Kier molecular flexibility index (Phi) is 7.38. The Labute approximate surface area is 252 Å². The number of aromatic hydroxyl groups is 1. The fourth-order valence-electron chi connectivity index (χ4n) is 8.65. The first-order valence-corrected chi connectivity index (χ1v) is 14.9. The molecule has 0 saturated heterocycles. The maximum absolute atomic E-state index is 14.4. The normalized spacial score (nSPS) is 31.7. The zero-order chi connectivity index (χ0) is 31.6. The van der Waals surface area contributed by atoms with E-state index in [1.807, 2.05) is 24.3 Å². The largest absolute Gasteiger partial charge is 0.507 e. The molecule has 3 aliphatic carbocycles. The number of hydrogen-bond acceptors (Lipinski definition) is 7. The van der Waals surface area contributed by atoms with Crippen LogP contribution in [0.4, 0.5) is 0 Å². The van der Waals surface area contributed by atoms with Gasteiger partial charge in [-0.15, -0.1) is 12.3 Å². The molecule has 43 heavy (non-hydrogen) atoms.